The highest BCUT2D eigenvalue weighted by Crippen LogP contribution is 2.30. The highest BCUT2D eigenvalue weighted by molar-refractivity contribution is 6.58. The molecule has 1 saturated carbocycles. The molecular weight excluding hydrogens is 288 g/mol. The zero-order valence-electron chi connectivity index (χ0n) is 13.0. The van der Waals surface area contributed by atoms with E-state index in [4.69, 9.17) is 14.8 Å². The Bertz CT molecular complexity index is 555. The van der Waals surface area contributed by atoms with Crippen molar-refractivity contribution in [2.75, 3.05) is 0 Å². The number of amides is 1. The predicted octanol–water partition coefficient (Wildman–Crippen LogP) is 1.40. The van der Waals surface area contributed by atoms with Crippen molar-refractivity contribution in [1.29, 1.82) is 0 Å². The number of carbonyl (C=O) groups excluding carboxylic acids is 1. The summed E-state index contributed by atoms with van der Waals surface area (Å²) in [5, 5.41) is 18.1. The zero-order valence-corrected chi connectivity index (χ0v) is 13.0. The Balaban J connectivity index is 2.13. The van der Waals surface area contributed by atoms with E-state index in [1.165, 1.54) is 17.0 Å². The van der Waals surface area contributed by atoms with Crippen LogP contribution in [0.5, 0.6) is 0 Å². The van der Waals surface area contributed by atoms with Crippen LogP contribution in [0.1, 0.15) is 39.2 Å². The molecule has 0 spiro atoms. The van der Waals surface area contributed by atoms with E-state index in [-0.39, 0.29) is 18.0 Å². The van der Waals surface area contributed by atoms with Gasteiger partial charge in [-0.25, -0.2) is 9.18 Å². The molecule has 1 aliphatic carbocycles. The van der Waals surface area contributed by atoms with Crippen LogP contribution in [0.2, 0.25) is 0 Å². The summed E-state index contributed by atoms with van der Waals surface area (Å²) >= 11 is 0. The van der Waals surface area contributed by atoms with Crippen LogP contribution in [-0.4, -0.2) is 39.8 Å². The molecule has 22 heavy (non-hydrogen) atoms. The largest absolute Gasteiger partial charge is 0.488 e. The van der Waals surface area contributed by atoms with Gasteiger partial charge >= 0.3 is 13.2 Å². The molecule has 0 atom stereocenters. The highest BCUT2D eigenvalue weighted by Gasteiger charge is 2.35. The van der Waals surface area contributed by atoms with Crippen molar-refractivity contribution in [3.63, 3.8) is 0 Å². The Morgan fingerprint density at radius 1 is 1.41 bits per heavy atom. The van der Waals surface area contributed by atoms with Crippen LogP contribution in [0, 0.1) is 5.82 Å². The van der Waals surface area contributed by atoms with Crippen LogP contribution in [-0.2, 0) is 11.3 Å². The zero-order chi connectivity index (χ0) is 16.5. The van der Waals surface area contributed by atoms with Crippen molar-refractivity contribution < 1.29 is 24.0 Å². The molecule has 1 aromatic carbocycles. The number of hydrogen-bond acceptors (Lipinski definition) is 4. The summed E-state index contributed by atoms with van der Waals surface area (Å²) in [5.74, 6) is -0.570. The molecular formula is C15H21BFNO4. The molecule has 1 amide bonds. The van der Waals surface area contributed by atoms with Gasteiger partial charge in [-0.1, -0.05) is 12.1 Å². The van der Waals surface area contributed by atoms with Crippen molar-refractivity contribution in [3.8, 4) is 0 Å². The van der Waals surface area contributed by atoms with Crippen molar-refractivity contribution in [2.24, 2.45) is 0 Å². The first-order chi connectivity index (χ1) is 10.2. The average Bonchev–Trinajstić information content (AvgIpc) is 3.19. The molecule has 2 N–H and O–H groups in total. The summed E-state index contributed by atoms with van der Waals surface area (Å²) in [6.07, 6.45) is 1.31. The second-order valence-corrected chi connectivity index (χ2v) is 6.56. The number of rotatable bonds is 4. The van der Waals surface area contributed by atoms with E-state index in [1.807, 2.05) is 0 Å². The van der Waals surface area contributed by atoms with E-state index in [2.05, 4.69) is 0 Å². The van der Waals surface area contributed by atoms with Gasteiger partial charge in [0.1, 0.15) is 11.4 Å². The van der Waals surface area contributed by atoms with E-state index in [0.29, 0.717) is 5.56 Å². The molecule has 0 aromatic heterocycles. The molecule has 1 fully saturated rings. The quantitative estimate of drug-likeness (QED) is 0.825. The average molecular weight is 309 g/mol. The Morgan fingerprint density at radius 2 is 2.05 bits per heavy atom. The minimum Gasteiger partial charge on any atom is -0.444 e. The standard InChI is InChI=1S/C15H21BFNO4/c1-15(2,3)22-14(19)18(12-6-7-12)9-10-4-5-11(16(20)21)8-13(10)17/h4-5,8,12,20-21H,6-7,9H2,1-3H3. The molecule has 120 valence electrons. The summed E-state index contributed by atoms with van der Waals surface area (Å²) in [4.78, 5) is 13.8. The fourth-order valence-electron chi connectivity index (χ4n) is 2.09. The fraction of sp³-hybridized carbons (Fsp3) is 0.533. The Hall–Kier alpha value is -1.60. The molecule has 5 nitrogen and oxygen atoms in total. The molecule has 2 rings (SSSR count). The SMILES string of the molecule is CC(C)(C)OC(=O)N(Cc1ccc(B(O)O)cc1F)C1CC1. The van der Waals surface area contributed by atoms with Gasteiger partial charge in [-0.15, -0.1) is 0 Å². The third-order valence-corrected chi connectivity index (χ3v) is 3.33. The lowest BCUT2D eigenvalue weighted by molar-refractivity contribution is 0.0215. The summed E-state index contributed by atoms with van der Waals surface area (Å²) in [7, 11) is -1.71. The number of halogens is 1. The van der Waals surface area contributed by atoms with Crippen LogP contribution in [0.25, 0.3) is 0 Å². The monoisotopic (exact) mass is 309 g/mol. The maximum atomic E-state index is 14.1. The molecule has 1 aliphatic rings. The van der Waals surface area contributed by atoms with Gasteiger partial charge < -0.3 is 19.7 Å². The van der Waals surface area contributed by atoms with Crippen LogP contribution in [0.15, 0.2) is 18.2 Å². The van der Waals surface area contributed by atoms with Crippen molar-refractivity contribution >= 4 is 18.7 Å². The molecule has 0 aliphatic heterocycles. The molecule has 0 radical (unpaired) electrons. The summed E-state index contributed by atoms with van der Waals surface area (Å²) < 4.78 is 19.4. The number of hydrogen-bond donors (Lipinski definition) is 2. The number of ether oxygens (including phenoxy) is 1. The van der Waals surface area contributed by atoms with Crippen molar-refractivity contribution in [1.82, 2.24) is 4.90 Å². The predicted molar refractivity (Wildman–Crippen MR) is 81.0 cm³/mol. The third kappa shape index (κ3) is 4.45. The van der Waals surface area contributed by atoms with E-state index in [1.54, 1.807) is 20.8 Å². The number of carbonyl (C=O) groups is 1. The second kappa shape index (κ2) is 6.26. The summed E-state index contributed by atoms with van der Waals surface area (Å²) in [6.45, 7) is 5.46. The normalized spacial score (nSPS) is 14.6. The maximum absolute atomic E-state index is 14.1. The topological polar surface area (TPSA) is 70.0 Å². The van der Waals surface area contributed by atoms with Gasteiger partial charge in [-0.2, -0.15) is 0 Å². The Labute approximate surface area is 129 Å². The van der Waals surface area contributed by atoms with Gasteiger partial charge in [-0.05, 0) is 45.1 Å². The molecule has 7 heteroatoms. The first-order valence-corrected chi connectivity index (χ1v) is 7.31. The minimum absolute atomic E-state index is 0.0801. The Morgan fingerprint density at radius 3 is 2.50 bits per heavy atom. The smallest absolute Gasteiger partial charge is 0.444 e. The lowest BCUT2D eigenvalue weighted by Crippen LogP contribution is -2.38. The maximum Gasteiger partial charge on any atom is 0.488 e. The van der Waals surface area contributed by atoms with Crippen LogP contribution < -0.4 is 5.46 Å². The molecule has 0 heterocycles. The van der Waals surface area contributed by atoms with Gasteiger partial charge in [-0.3, -0.25) is 0 Å². The van der Waals surface area contributed by atoms with Gasteiger partial charge in [0, 0.05) is 11.6 Å². The third-order valence-electron chi connectivity index (χ3n) is 3.33. The molecule has 0 unspecified atom stereocenters. The summed E-state index contributed by atoms with van der Waals surface area (Å²) in [6, 6.07) is 4.05. The minimum atomic E-state index is -1.71. The van der Waals surface area contributed by atoms with Crippen LogP contribution in [0.4, 0.5) is 9.18 Å². The lowest BCUT2D eigenvalue weighted by atomic mass is 9.80. The van der Waals surface area contributed by atoms with Crippen molar-refractivity contribution in [3.05, 3.63) is 29.6 Å². The van der Waals surface area contributed by atoms with Gasteiger partial charge in [0.2, 0.25) is 0 Å². The van der Waals surface area contributed by atoms with E-state index >= 15 is 0 Å². The Kier molecular flexibility index (Phi) is 4.77. The van der Waals surface area contributed by atoms with Gasteiger partial charge in [0.05, 0.1) is 6.54 Å². The van der Waals surface area contributed by atoms with E-state index in [0.717, 1.165) is 18.9 Å². The number of nitrogens with zero attached hydrogens (tertiary/aromatic N) is 1. The van der Waals surface area contributed by atoms with Crippen molar-refractivity contribution in [2.45, 2.75) is 51.8 Å². The highest BCUT2D eigenvalue weighted by atomic mass is 19.1. The van der Waals surface area contributed by atoms with E-state index in [9.17, 15) is 9.18 Å². The van der Waals surface area contributed by atoms with Crippen LogP contribution in [0.3, 0.4) is 0 Å². The van der Waals surface area contributed by atoms with E-state index < -0.39 is 24.6 Å². The molecule has 1 aromatic rings. The molecule has 0 bridgehead atoms. The molecule has 0 saturated heterocycles. The van der Waals surface area contributed by atoms with Crippen LogP contribution >= 0.6 is 0 Å². The fourth-order valence-corrected chi connectivity index (χ4v) is 2.09. The van der Waals surface area contributed by atoms with Gasteiger partial charge in [0.15, 0.2) is 0 Å². The number of benzene rings is 1. The first kappa shape index (κ1) is 16.8. The lowest BCUT2D eigenvalue weighted by Gasteiger charge is -2.27. The van der Waals surface area contributed by atoms with Gasteiger partial charge in [0.25, 0.3) is 0 Å². The first-order valence-electron chi connectivity index (χ1n) is 7.31. The summed E-state index contributed by atoms with van der Waals surface area (Å²) in [5.41, 5.74) is -0.202. The second-order valence-electron chi connectivity index (χ2n) is 6.56.